The molecule has 1 aromatic heterocycles. The van der Waals surface area contributed by atoms with Crippen molar-refractivity contribution < 1.29 is 4.39 Å². The molecule has 1 aromatic carbocycles. The predicted octanol–water partition coefficient (Wildman–Crippen LogP) is 4.30. The van der Waals surface area contributed by atoms with Crippen molar-refractivity contribution in [1.29, 1.82) is 0 Å². The van der Waals surface area contributed by atoms with Gasteiger partial charge in [0.1, 0.15) is 11.6 Å². The Hall–Kier alpha value is -2.75. The molecule has 0 saturated carbocycles. The second-order valence-corrected chi connectivity index (χ2v) is 6.76. The van der Waals surface area contributed by atoms with E-state index < -0.39 is 0 Å². The summed E-state index contributed by atoms with van der Waals surface area (Å²) >= 11 is 0. The summed E-state index contributed by atoms with van der Waals surface area (Å²) in [5.41, 5.74) is 6.40. The first-order valence-electron chi connectivity index (χ1n) is 8.54. The van der Waals surface area contributed by atoms with Crippen LogP contribution in [0, 0.1) is 12.7 Å². The summed E-state index contributed by atoms with van der Waals surface area (Å²) in [7, 11) is 4.17. The molecule has 0 bridgehead atoms. The van der Waals surface area contributed by atoms with E-state index in [2.05, 4.69) is 59.4 Å². The number of likely N-dealkylation sites (N-methyl/N-ethyl adjacent to an activating group) is 2. The third-order valence-electron chi connectivity index (χ3n) is 4.97. The van der Waals surface area contributed by atoms with Crippen molar-refractivity contribution in [3.8, 4) is 0 Å². The standard InChI is InChI=1S/C21H22FN3/c1-14-12-15(8-9-19(14)22)20-16(6-4-10-24(20)2)18-13-23-21-17(18)7-5-11-25(21)3/h4-9,12-13,23H,10-11H2,1-3H3. The largest absolute Gasteiger partial charge is 0.370 e. The quantitative estimate of drug-likeness (QED) is 0.884. The van der Waals surface area contributed by atoms with Gasteiger partial charge in [-0.3, -0.25) is 0 Å². The van der Waals surface area contributed by atoms with Crippen LogP contribution in [0.4, 0.5) is 10.2 Å². The van der Waals surface area contributed by atoms with E-state index in [0.717, 1.165) is 35.7 Å². The van der Waals surface area contributed by atoms with Crippen molar-refractivity contribution >= 4 is 23.2 Å². The molecule has 3 heterocycles. The number of halogens is 1. The number of hydrogen-bond donors (Lipinski definition) is 1. The van der Waals surface area contributed by atoms with E-state index in [1.165, 1.54) is 11.1 Å². The number of rotatable bonds is 2. The molecule has 0 fully saturated rings. The maximum absolute atomic E-state index is 13.7. The number of aromatic nitrogens is 1. The summed E-state index contributed by atoms with van der Waals surface area (Å²) in [6, 6.07) is 5.36. The number of hydrogen-bond acceptors (Lipinski definition) is 2. The average molecular weight is 335 g/mol. The van der Waals surface area contributed by atoms with Crippen LogP contribution in [-0.4, -0.2) is 37.1 Å². The van der Waals surface area contributed by atoms with Gasteiger partial charge >= 0.3 is 0 Å². The lowest BCUT2D eigenvalue weighted by molar-refractivity contribution is 0.533. The minimum atomic E-state index is -0.163. The number of nitrogens with one attached hydrogen (secondary N) is 1. The molecule has 0 unspecified atom stereocenters. The molecule has 0 radical (unpaired) electrons. The minimum Gasteiger partial charge on any atom is -0.370 e. The fourth-order valence-corrected chi connectivity index (χ4v) is 3.64. The zero-order valence-corrected chi connectivity index (χ0v) is 14.8. The zero-order chi connectivity index (χ0) is 17.6. The SMILES string of the molecule is Cc1cc(C2=C(c3c[nH]c4c3C=CCN4C)C=CCN2C)ccc1F. The molecule has 128 valence electrons. The summed E-state index contributed by atoms with van der Waals surface area (Å²) in [5, 5.41) is 0. The van der Waals surface area contributed by atoms with E-state index in [0.29, 0.717) is 5.56 Å². The van der Waals surface area contributed by atoms with Crippen LogP contribution in [0.2, 0.25) is 0 Å². The number of benzene rings is 1. The number of allylic oxidation sites excluding steroid dienone is 2. The van der Waals surface area contributed by atoms with Gasteiger partial charge in [-0.1, -0.05) is 24.3 Å². The molecule has 2 aliphatic rings. The van der Waals surface area contributed by atoms with E-state index >= 15 is 0 Å². The Bertz CT molecular complexity index is 917. The highest BCUT2D eigenvalue weighted by Gasteiger charge is 2.23. The van der Waals surface area contributed by atoms with Gasteiger partial charge in [0, 0.05) is 50.1 Å². The Labute approximate surface area is 147 Å². The number of aromatic amines is 1. The van der Waals surface area contributed by atoms with Crippen LogP contribution >= 0.6 is 0 Å². The molecule has 0 atom stereocenters. The summed E-state index contributed by atoms with van der Waals surface area (Å²) < 4.78 is 13.7. The Morgan fingerprint density at radius 3 is 2.60 bits per heavy atom. The molecule has 1 N–H and O–H groups in total. The van der Waals surface area contributed by atoms with Crippen molar-refractivity contribution in [2.75, 3.05) is 32.1 Å². The Kier molecular flexibility index (Phi) is 3.75. The molecule has 4 heteroatoms. The lowest BCUT2D eigenvalue weighted by Gasteiger charge is -2.28. The second kappa shape index (κ2) is 5.96. The zero-order valence-electron chi connectivity index (χ0n) is 14.8. The first kappa shape index (κ1) is 15.8. The molecule has 3 nitrogen and oxygen atoms in total. The average Bonchev–Trinajstić information content (AvgIpc) is 3.03. The fourth-order valence-electron chi connectivity index (χ4n) is 3.64. The highest BCUT2D eigenvalue weighted by atomic mass is 19.1. The van der Waals surface area contributed by atoms with Crippen molar-refractivity contribution in [3.63, 3.8) is 0 Å². The van der Waals surface area contributed by atoms with Crippen LogP contribution in [-0.2, 0) is 0 Å². The molecular formula is C21H22FN3. The van der Waals surface area contributed by atoms with Gasteiger partial charge in [-0.2, -0.15) is 0 Å². The summed E-state index contributed by atoms with van der Waals surface area (Å²) in [6.07, 6.45) is 10.8. The predicted molar refractivity (Wildman–Crippen MR) is 103 cm³/mol. The molecule has 25 heavy (non-hydrogen) atoms. The van der Waals surface area contributed by atoms with Gasteiger partial charge in [-0.25, -0.2) is 4.39 Å². The number of anilines is 1. The Balaban J connectivity index is 1.92. The van der Waals surface area contributed by atoms with E-state index in [-0.39, 0.29) is 5.82 Å². The highest BCUT2D eigenvalue weighted by Crippen LogP contribution is 2.38. The molecule has 2 aliphatic heterocycles. The minimum absolute atomic E-state index is 0.163. The third kappa shape index (κ3) is 2.58. The van der Waals surface area contributed by atoms with Gasteiger partial charge in [0.25, 0.3) is 0 Å². The van der Waals surface area contributed by atoms with Crippen molar-refractivity contribution in [3.05, 3.63) is 70.7 Å². The van der Waals surface area contributed by atoms with E-state index in [1.807, 2.05) is 19.1 Å². The molecule has 0 spiro atoms. The number of H-pyrrole nitrogens is 1. The molecule has 4 rings (SSSR count). The highest BCUT2D eigenvalue weighted by molar-refractivity contribution is 5.99. The van der Waals surface area contributed by atoms with Crippen LogP contribution in [0.3, 0.4) is 0 Å². The molecular weight excluding hydrogens is 313 g/mol. The molecule has 0 amide bonds. The van der Waals surface area contributed by atoms with Crippen molar-refractivity contribution in [1.82, 2.24) is 9.88 Å². The lowest BCUT2D eigenvalue weighted by atomic mass is 9.93. The van der Waals surface area contributed by atoms with Gasteiger partial charge in [0.2, 0.25) is 0 Å². The second-order valence-electron chi connectivity index (χ2n) is 6.76. The van der Waals surface area contributed by atoms with Gasteiger partial charge in [-0.15, -0.1) is 0 Å². The summed E-state index contributed by atoms with van der Waals surface area (Å²) in [5.74, 6) is 0.977. The number of fused-ring (bicyclic) bond motifs is 1. The third-order valence-corrected chi connectivity index (χ3v) is 4.97. The van der Waals surface area contributed by atoms with Gasteiger partial charge in [0.15, 0.2) is 0 Å². The monoisotopic (exact) mass is 335 g/mol. The molecule has 2 aromatic rings. The molecule has 0 aliphatic carbocycles. The van der Waals surface area contributed by atoms with Crippen molar-refractivity contribution in [2.24, 2.45) is 0 Å². The van der Waals surface area contributed by atoms with E-state index in [1.54, 1.807) is 6.07 Å². The topological polar surface area (TPSA) is 22.3 Å². The van der Waals surface area contributed by atoms with Gasteiger partial charge in [-0.05, 0) is 36.2 Å². The van der Waals surface area contributed by atoms with Gasteiger partial charge < -0.3 is 14.8 Å². The van der Waals surface area contributed by atoms with E-state index in [9.17, 15) is 4.39 Å². The molecule has 0 saturated heterocycles. The first-order valence-corrected chi connectivity index (χ1v) is 8.54. The van der Waals surface area contributed by atoms with Crippen LogP contribution in [0.25, 0.3) is 17.3 Å². The van der Waals surface area contributed by atoms with Crippen LogP contribution in [0.15, 0.2) is 42.6 Å². The Morgan fingerprint density at radius 2 is 1.80 bits per heavy atom. The Morgan fingerprint density at radius 1 is 1.04 bits per heavy atom. The maximum Gasteiger partial charge on any atom is 0.126 e. The normalized spacial score (nSPS) is 16.6. The summed E-state index contributed by atoms with van der Waals surface area (Å²) in [4.78, 5) is 7.83. The van der Waals surface area contributed by atoms with Crippen LogP contribution < -0.4 is 4.90 Å². The maximum atomic E-state index is 13.7. The smallest absolute Gasteiger partial charge is 0.126 e. The summed E-state index contributed by atoms with van der Waals surface area (Å²) in [6.45, 7) is 3.57. The fraction of sp³-hybridized carbons (Fsp3) is 0.238. The van der Waals surface area contributed by atoms with Crippen molar-refractivity contribution in [2.45, 2.75) is 6.92 Å². The van der Waals surface area contributed by atoms with E-state index in [4.69, 9.17) is 0 Å². The van der Waals surface area contributed by atoms with Crippen LogP contribution in [0.1, 0.15) is 22.3 Å². The lowest BCUT2D eigenvalue weighted by Crippen LogP contribution is -2.22. The first-order chi connectivity index (χ1) is 12.1. The van der Waals surface area contributed by atoms with Gasteiger partial charge in [0.05, 0.1) is 5.70 Å². The van der Waals surface area contributed by atoms with Crippen LogP contribution in [0.5, 0.6) is 0 Å². The number of aryl methyl sites for hydroxylation is 1. The number of nitrogens with zero attached hydrogens (tertiary/aromatic N) is 2.